The van der Waals surface area contributed by atoms with E-state index in [4.69, 9.17) is 14.2 Å². The first-order valence-electron chi connectivity index (χ1n) is 11.3. The predicted molar refractivity (Wildman–Crippen MR) is 124 cm³/mol. The number of morpholine rings is 1. The molecular weight excluding hydrogens is 444 g/mol. The maximum Gasteiger partial charge on any atom is 0.231 e. The van der Waals surface area contributed by atoms with Gasteiger partial charge in [0.2, 0.25) is 11.8 Å². The van der Waals surface area contributed by atoms with Crippen molar-refractivity contribution in [2.75, 3.05) is 43.1 Å². The van der Waals surface area contributed by atoms with E-state index in [1.807, 2.05) is 11.4 Å². The molecule has 2 saturated heterocycles. The molecule has 3 aliphatic heterocycles. The number of hydrogen-bond acceptors (Lipinski definition) is 8. The summed E-state index contributed by atoms with van der Waals surface area (Å²) in [5.41, 5.74) is 1.64. The number of carbonyl (C=O) groups is 2. The van der Waals surface area contributed by atoms with Gasteiger partial charge in [-0.25, -0.2) is 4.98 Å². The van der Waals surface area contributed by atoms with E-state index in [2.05, 4.69) is 29.0 Å². The molecule has 1 aromatic heterocycles. The topological polar surface area (TPSA) is 93.2 Å². The molecule has 33 heavy (non-hydrogen) atoms. The molecule has 0 unspecified atom stereocenters. The molecule has 5 rings (SSSR count). The normalized spacial score (nSPS) is 25.3. The summed E-state index contributed by atoms with van der Waals surface area (Å²) in [5, 5.41) is 5.44. The van der Waals surface area contributed by atoms with Crippen LogP contribution in [0.2, 0.25) is 0 Å². The van der Waals surface area contributed by atoms with Gasteiger partial charge in [-0.15, -0.1) is 11.3 Å². The summed E-state index contributed by atoms with van der Waals surface area (Å²) in [6.07, 6.45) is 0.564. The molecule has 1 N–H and O–H groups in total. The van der Waals surface area contributed by atoms with Crippen LogP contribution in [0.4, 0.5) is 10.8 Å². The third-order valence-electron chi connectivity index (χ3n) is 6.00. The van der Waals surface area contributed by atoms with E-state index in [1.165, 1.54) is 11.3 Å². The van der Waals surface area contributed by atoms with E-state index in [-0.39, 0.29) is 30.4 Å². The Morgan fingerprint density at radius 2 is 1.91 bits per heavy atom. The number of fused-ring (bicyclic) bond motifs is 1. The average Bonchev–Trinajstić information content (AvgIpc) is 3.39. The van der Waals surface area contributed by atoms with Gasteiger partial charge >= 0.3 is 0 Å². The van der Waals surface area contributed by atoms with Crippen LogP contribution in [-0.2, 0) is 20.9 Å². The molecule has 3 aliphatic rings. The fraction of sp³-hybridized carbons (Fsp3) is 0.522. The van der Waals surface area contributed by atoms with Crippen molar-refractivity contribution < 1.29 is 23.8 Å². The van der Waals surface area contributed by atoms with Crippen molar-refractivity contribution >= 4 is 34.0 Å². The number of nitrogens with zero attached hydrogens (tertiary/aromatic N) is 3. The molecule has 0 radical (unpaired) electrons. The van der Waals surface area contributed by atoms with Crippen LogP contribution in [0.15, 0.2) is 23.6 Å². The lowest BCUT2D eigenvalue weighted by Crippen LogP contribution is -2.44. The maximum atomic E-state index is 12.9. The Morgan fingerprint density at radius 3 is 2.70 bits per heavy atom. The van der Waals surface area contributed by atoms with E-state index in [9.17, 15) is 9.59 Å². The highest BCUT2D eigenvalue weighted by molar-refractivity contribution is 7.13. The largest absolute Gasteiger partial charge is 0.486 e. The van der Waals surface area contributed by atoms with E-state index in [1.54, 1.807) is 17.0 Å². The van der Waals surface area contributed by atoms with Gasteiger partial charge in [-0.1, -0.05) is 0 Å². The van der Waals surface area contributed by atoms with Gasteiger partial charge in [0, 0.05) is 49.7 Å². The molecule has 0 aliphatic carbocycles. The minimum Gasteiger partial charge on any atom is -0.486 e. The number of aromatic nitrogens is 1. The van der Waals surface area contributed by atoms with Crippen LogP contribution in [0.5, 0.6) is 11.5 Å². The number of hydrogen-bond donors (Lipinski definition) is 1. The van der Waals surface area contributed by atoms with Crippen molar-refractivity contribution in [1.82, 2.24) is 9.88 Å². The second kappa shape index (κ2) is 9.28. The van der Waals surface area contributed by atoms with Crippen molar-refractivity contribution in [2.24, 2.45) is 5.92 Å². The lowest BCUT2D eigenvalue weighted by Gasteiger charge is -2.34. The maximum absolute atomic E-state index is 12.9. The molecule has 2 fully saturated rings. The fourth-order valence-corrected chi connectivity index (χ4v) is 5.32. The number of nitrogens with one attached hydrogen (secondary N) is 1. The minimum absolute atomic E-state index is 0.0813. The van der Waals surface area contributed by atoms with Crippen molar-refractivity contribution in [2.45, 2.75) is 39.0 Å². The summed E-state index contributed by atoms with van der Waals surface area (Å²) in [5.74, 6) is 0.601. The summed E-state index contributed by atoms with van der Waals surface area (Å²) >= 11 is 1.41. The Balaban J connectivity index is 1.18. The summed E-state index contributed by atoms with van der Waals surface area (Å²) in [6, 6.07) is 5.43. The third-order valence-corrected chi connectivity index (χ3v) is 6.80. The third kappa shape index (κ3) is 4.97. The van der Waals surface area contributed by atoms with Crippen LogP contribution in [0.1, 0.15) is 26.0 Å². The van der Waals surface area contributed by atoms with Gasteiger partial charge in [0.1, 0.15) is 13.2 Å². The number of carbonyl (C=O) groups excluding carboxylic acids is 2. The van der Waals surface area contributed by atoms with Crippen LogP contribution >= 0.6 is 11.3 Å². The van der Waals surface area contributed by atoms with Gasteiger partial charge < -0.3 is 24.4 Å². The van der Waals surface area contributed by atoms with Crippen LogP contribution in [0.25, 0.3) is 0 Å². The SMILES string of the molecule is C[C@@H]1CN(Cc2csc(NC(=O)[C@@H]3CC(=O)N(c4ccc5c(c4)OCCO5)C3)n2)C[C@H](C)O1. The number of amides is 2. The van der Waals surface area contributed by atoms with Gasteiger partial charge in [-0.05, 0) is 26.0 Å². The van der Waals surface area contributed by atoms with Crippen molar-refractivity contribution in [1.29, 1.82) is 0 Å². The molecule has 176 valence electrons. The Bertz CT molecular complexity index is 1030. The highest BCUT2D eigenvalue weighted by atomic mass is 32.1. The lowest BCUT2D eigenvalue weighted by atomic mass is 10.1. The zero-order chi connectivity index (χ0) is 22.9. The highest BCUT2D eigenvalue weighted by Crippen LogP contribution is 2.36. The smallest absolute Gasteiger partial charge is 0.231 e. The van der Waals surface area contributed by atoms with Crippen LogP contribution in [0, 0.1) is 5.92 Å². The number of ether oxygens (including phenoxy) is 3. The molecule has 0 spiro atoms. The first-order valence-corrected chi connectivity index (χ1v) is 12.2. The van der Waals surface area contributed by atoms with Gasteiger partial charge in [0.05, 0.1) is 23.8 Å². The van der Waals surface area contributed by atoms with Crippen molar-refractivity contribution in [3.8, 4) is 11.5 Å². The van der Waals surface area contributed by atoms with Crippen LogP contribution in [-0.4, -0.2) is 66.8 Å². The van der Waals surface area contributed by atoms with Crippen LogP contribution < -0.4 is 19.7 Å². The highest BCUT2D eigenvalue weighted by Gasteiger charge is 2.36. The first-order chi connectivity index (χ1) is 15.9. The van der Waals surface area contributed by atoms with Gasteiger partial charge in [0.15, 0.2) is 16.6 Å². The minimum atomic E-state index is -0.431. The Hall–Kier alpha value is -2.69. The fourth-order valence-electron chi connectivity index (χ4n) is 4.62. The number of anilines is 2. The van der Waals surface area contributed by atoms with Gasteiger partial charge in [0.25, 0.3) is 0 Å². The number of rotatable bonds is 5. The molecule has 3 atom stereocenters. The first kappa shape index (κ1) is 22.1. The molecule has 4 heterocycles. The second-order valence-corrected chi connectivity index (χ2v) is 9.68. The monoisotopic (exact) mass is 472 g/mol. The molecule has 2 aromatic rings. The molecule has 0 saturated carbocycles. The summed E-state index contributed by atoms with van der Waals surface area (Å²) in [7, 11) is 0. The van der Waals surface area contributed by atoms with Crippen LogP contribution in [0.3, 0.4) is 0 Å². The number of thiazole rings is 1. The molecule has 0 bridgehead atoms. The molecule has 1 aromatic carbocycles. The van der Waals surface area contributed by atoms with E-state index in [0.29, 0.717) is 42.1 Å². The summed E-state index contributed by atoms with van der Waals surface area (Å²) < 4.78 is 17.0. The van der Waals surface area contributed by atoms with Gasteiger partial charge in [-0.2, -0.15) is 0 Å². The zero-order valence-corrected chi connectivity index (χ0v) is 19.6. The quantitative estimate of drug-likeness (QED) is 0.715. The number of benzene rings is 1. The Labute approximate surface area is 196 Å². The van der Waals surface area contributed by atoms with Crippen molar-refractivity contribution in [3.05, 3.63) is 29.3 Å². The van der Waals surface area contributed by atoms with E-state index < -0.39 is 5.92 Å². The van der Waals surface area contributed by atoms with E-state index in [0.717, 1.165) is 25.3 Å². The zero-order valence-electron chi connectivity index (χ0n) is 18.8. The average molecular weight is 473 g/mol. The van der Waals surface area contributed by atoms with Gasteiger partial charge in [-0.3, -0.25) is 14.5 Å². The van der Waals surface area contributed by atoms with Crippen molar-refractivity contribution in [3.63, 3.8) is 0 Å². The Kier molecular flexibility index (Phi) is 6.22. The Morgan fingerprint density at radius 1 is 1.15 bits per heavy atom. The standard InChI is InChI=1S/C23H28N4O5S/c1-14-9-26(10-15(2)32-14)12-17-13-33-23(24-17)25-22(29)16-7-21(28)27(11-16)18-3-4-19-20(8-18)31-6-5-30-19/h3-4,8,13-16H,5-7,9-12H2,1-2H3,(H,24,25,29)/t14-,15+,16-/m1/s1. The molecule has 9 nitrogen and oxygen atoms in total. The summed E-state index contributed by atoms with van der Waals surface area (Å²) in [4.78, 5) is 34.0. The van der Waals surface area contributed by atoms with E-state index >= 15 is 0 Å². The molecule has 10 heteroatoms. The second-order valence-electron chi connectivity index (χ2n) is 8.82. The molecular formula is C23H28N4O5S. The lowest BCUT2D eigenvalue weighted by molar-refractivity contribution is -0.122. The predicted octanol–water partition coefficient (Wildman–Crippen LogP) is 2.52. The summed E-state index contributed by atoms with van der Waals surface area (Å²) in [6.45, 7) is 7.93. The molecule has 2 amide bonds.